The second-order valence-electron chi connectivity index (χ2n) is 6.20. The lowest BCUT2D eigenvalue weighted by molar-refractivity contribution is 0.584. The number of rotatable bonds is 4. The van der Waals surface area contributed by atoms with E-state index in [9.17, 15) is 0 Å². The first-order valence-electron chi connectivity index (χ1n) is 8.51. The van der Waals surface area contributed by atoms with Crippen LogP contribution >= 0.6 is 27.5 Å². The predicted molar refractivity (Wildman–Crippen MR) is 113 cm³/mol. The second-order valence-corrected chi connectivity index (χ2v) is 7.17. The van der Waals surface area contributed by atoms with Crippen LogP contribution < -0.4 is 0 Å². The van der Waals surface area contributed by atoms with E-state index in [-0.39, 0.29) is 0 Å². The van der Waals surface area contributed by atoms with Crippen molar-refractivity contribution in [3.05, 3.63) is 82.9 Å². The first-order chi connectivity index (χ1) is 13.2. The standard InChI is InChI=1S/C22H16BrClN2O/c1-14-17(16-6-3-2-4-7-16)8-5-9-18(14)21-25-26-22(27-21)19-12-15(13-23)10-11-20(19)24/h2-12H,13H2,1H3. The highest BCUT2D eigenvalue weighted by atomic mass is 79.9. The van der Waals surface area contributed by atoms with Crippen LogP contribution in [0.4, 0.5) is 0 Å². The molecule has 0 aliphatic heterocycles. The van der Waals surface area contributed by atoms with Gasteiger partial charge < -0.3 is 4.42 Å². The van der Waals surface area contributed by atoms with Crippen molar-refractivity contribution in [1.29, 1.82) is 0 Å². The second kappa shape index (κ2) is 7.67. The number of benzene rings is 3. The molecule has 27 heavy (non-hydrogen) atoms. The van der Waals surface area contributed by atoms with Crippen molar-refractivity contribution in [2.75, 3.05) is 0 Å². The Bertz CT molecular complexity index is 1090. The summed E-state index contributed by atoms with van der Waals surface area (Å²) in [6.07, 6.45) is 0. The van der Waals surface area contributed by atoms with Crippen LogP contribution in [0.15, 0.2) is 71.1 Å². The Hall–Kier alpha value is -2.43. The number of aromatic nitrogens is 2. The van der Waals surface area contributed by atoms with Gasteiger partial charge in [-0.25, -0.2) is 0 Å². The molecule has 0 bridgehead atoms. The maximum Gasteiger partial charge on any atom is 0.249 e. The van der Waals surface area contributed by atoms with Crippen LogP contribution in [0.25, 0.3) is 34.0 Å². The smallest absolute Gasteiger partial charge is 0.249 e. The van der Waals surface area contributed by atoms with Crippen molar-refractivity contribution in [3.8, 4) is 34.0 Å². The summed E-state index contributed by atoms with van der Waals surface area (Å²) in [4.78, 5) is 0. The Balaban J connectivity index is 1.77. The van der Waals surface area contributed by atoms with E-state index < -0.39 is 0 Å². The summed E-state index contributed by atoms with van der Waals surface area (Å²) in [7, 11) is 0. The fourth-order valence-electron chi connectivity index (χ4n) is 3.06. The molecule has 0 N–H and O–H groups in total. The van der Waals surface area contributed by atoms with Crippen molar-refractivity contribution < 1.29 is 4.42 Å². The highest BCUT2D eigenvalue weighted by Gasteiger charge is 2.16. The molecule has 4 aromatic rings. The van der Waals surface area contributed by atoms with Crippen LogP contribution in [-0.2, 0) is 5.33 Å². The van der Waals surface area contributed by atoms with Crippen LogP contribution in [0.3, 0.4) is 0 Å². The highest BCUT2D eigenvalue weighted by molar-refractivity contribution is 9.08. The molecule has 0 aliphatic carbocycles. The van der Waals surface area contributed by atoms with Gasteiger partial charge in [0, 0.05) is 10.9 Å². The Morgan fingerprint density at radius 1 is 0.852 bits per heavy atom. The van der Waals surface area contributed by atoms with E-state index >= 15 is 0 Å². The van der Waals surface area contributed by atoms with Gasteiger partial charge >= 0.3 is 0 Å². The Morgan fingerprint density at radius 3 is 2.30 bits per heavy atom. The molecular weight excluding hydrogens is 424 g/mol. The summed E-state index contributed by atoms with van der Waals surface area (Å²) >= 11 is 9.80. The van der Waals surface area contributed by atoms with E-state index in [1.54, 1.807) is 0 Å². The van der Waals surface area contributed by atoms with Crippen molar-refractivity contribution in [3.63, 3.8) is 0 Å². The molecule has 0 unspecified atom stereocenters. The normalized spacial score (nSPS) is 10.9. The molecule has 5 heteroatoms. The van der Waals surface area contributed by atoms with Gasteiger partial charge in [0.1, 0.15) is 0 Å². The molecule has 1 heterocycles. The lowest BCUT2D eigenvalue weighted by atomic mass is 9.96. The molecule has 3 nitrogen and oxygen atoms in total. The molecule has 0 amide bonds. The van der Waals surface area contributed by atoms with Crippen molar-refractivity contribution in [1.82, 2.24) is 10.2 Å². The number of alkyl halides is 1. The molecule has 0 saturated carbocycles. The minimum absolute atomic E-state index is 0.419. The number of halogens is 2. The number of hydrogen-bond donors (Lipinski definition) is 0. The monoisotopic (exact) mass is 438 g/mol. The Morgan fingerprint density at radius 2 is 1.56 bits per heavy atom. The van der Waals surface area contributed by atoms with E-state index in [4.69, 9.17) is 16.0 Å². The Labute approximate surface area is 171 Å². The molecule has 0 atom stereocenters. The van der Waals surface area contributed by atoms with Crippen molar-refractivity contribution >= 4 is 27.5 Å². The minimum Gasteiger partial charge on any atom is -0.416 e. The summed E-state index contributed by atoms with van der Waals surface area (Å²) < 4.78 is 5.99. The molecule has 0 aliphatic rings. The van der Waals surface area contributed by atoms with Crippen LogP contribution in [0.2, 0.25) is 5.02 Å². The summed E-state index contributed by atoms with van der Waals surface area (Å²) in [6.45, 7) is 2.07. The lowest BCUT2D eigenvalue weighted by Gasteiger charge is -2.09. The van der Waals surface area contributed by atoms with Gasteiger partial charge in [0.25, 0.3) is 0 Å². The number of hydrogen-bond acceptors (Lipinski definition) is 3. The number of nitrogens with zero attached hydrogens (tertiary/aromatic N) is 2. The van der Waals surface area contributed by atoms with E-state index in [0.29, 0.717) is 16.8 Å². The largest absolute Gasteiger partial charge is 0.416 e. The zero-order valence-corrected chi connectivity index (χ0v) is 17.0. The third-order valence-corrected chi connectivity index (χ3v) is 5.47. The van der Waals surface area contributed by atoms with Crippen LogP contribution in [0.1, 0.15) is 11.1 Å². The maximum atomic E-state index is 6.34. The SMILES string of the molecule is Cc1c(-c2ccccc2)cccc1-c1nnc(-c2cc(CBr)ccc2Cl)o1. The minimum atomic E-state index is 0.419. The molecular formula is C22H16BrClN2O. The van der Waals surface area contributed by atoms with E-state index in [2.05, 4.69) is 51.3 Å². The van der Waals surface area contributed by atoms with Gasteiger partial charge in [-0.1, -0.05) is 76.1 Å². The molecule has 4 rings (SSSR count). The van der Waals surface area contributed by atoms with Crippen LogP contribution in [-0.4, -0.2) is 10.2 Å². The molecule has 0 spiro atoms. The predicted octanol–water partition coefficient (Wildman–Crippen LogP) is 6.93. The summed E-state index contributed by atoms with van der Waals surface area (Å²) in [5.41, 5.74) is 6.15. The third kappa shape index (κ3) is 3.55. The van der Waals surface area contributed by atoms with Crippen LogP contribution in [0, 0.1) is 6.92 Å². The lowest BCUT2D eigenvalue weighted by Crippen LogP contribution is -1.88. The molecule has 134 valence electrons. The van der Waals surface area contributed by atoms with Gasteiger partial charge in [-0.3, -0.25) is 0 Å². The molecule has 0 fully saturated rings. The zero-order chi connectivity index (χ0) is 18.8. The molecule has 3 aromatic carbocycles. The average Bonchev–Trinajstić information content (AvgIpc) is 3.19. The first kappa shape index (κ1) is 18.0. The van der Waals surface area contributed by atoms with Crippen LogP contribution in [0.5, 0.6) is 0 Å². The van der Waals surface area contributed by atoms with Crippen molar-refractivity contribution in [2.45, 2.75) is 12.3 Å². The van der Waals surface area contributed by atoms with Gasteiger partial charge in [0.15, 0.2) is 0 Å². The van der Waals surface area contributed by atoms with Gasteiger partial charge in [-0.15, -0.1) is 10.2 Å². The van der Waals surface area contributed by atoms with Gasteiger partial charge in [-0.05, 0) is 47.4 Å². The topological polar surface area (TPSA) is 38.9 Å². The average molecular weight is 440 g/mol. The quantitative estimate of drug-likeness (QED) is 0.324. The van der Waals surface area contributed by atoms with Gasteiger partial charge in [0.2, 0.25) is 11.8 Å². The maximum absolute atomic E-state index is 6.34. The van der Waals surface area contributed by atoms with E-state index in [0.717, 1.165) is 38.7 Å². The van der Waals surface area contributed by atoms with Gasteiger partial charge in [0.05, 0.1) is 10.6 Å². The highest BCUT2D eigenvalue weighted by Crippen LogP contribution is 2.34. The zero-order valence-electron chi connectivity index (χ0n) is 14.6. The van der Waals surface area contributed by atoms with Gasteiger partial charge in [-0.2, -0.15) is 0 Å². The molecule has 1 aromatic heterocycles. The fraction of sp³-hybridized carbons (Fsp3) is 0.0909. The van der Waals surface area contributed by atoms with E-state index in [1.807, 2.05) is 48.5 Å². The summed E-state index contributed by atoms with van der Waals surface area (Å²) in [5.74, 6) is 0.905. The first-order valence-corrected chi connectivity index (χ1v) is 10.0. The fourth-order valence-corrected chi connectivity index (χ4v) is 3.61. The summed E-state index contributed by atoms with van der Waals surface area (Å²) in [5, 5.41) is 9.81. The third-order valence-electron chi connectivity index (χ3n) is 4.49. The molecule has 0 saturated heterocycles. The van der Waals surface area contributed by atoms with Crippen molar-refractivity contribution in [2.24, 2.45) is 0 Å². The Kier molecular flexibility index (Phi) is 5.10. The van der Waals surface area contributed by atoms with E-state index in [1.165, 1.54) is 0 Å². The summed E-state index contributed by atoms with van der Waals surface area (Å²) in [6, 6.07) is 22.1. The molecule has 0 radical (unpaired) electrons.